The average Bonchev–Trinajstić information content (AvgIpc) is 2.48. The number of aliphatic hydroxyl groups excluding tert-OH is 1. The van der Waals surface area contributed by atoms with E-state index in [0.29, 0.717) is 5.56 Å². The van der Waals surface area contributed by atoms with Crippen molar-refractivity contribution >= 4 is 0 Å². The van der Waals surface area contributed by atoms with Gasteiger partial charge in [-0.25, -0.2) is 0 Å². The molecule has 2 N–H and O–H groups in total. The molecule has 2 heteroatoms. The molecular formula is C19H32O2. The lowest BCUT2D eigenvalue weighted by molar-refractivity contribution is 0.159. The Balaban J connectivity index is 2.11. The second-order valence-corrected chi connectivity index (χ2v) is 6.15. The molecule has 0 aliphatic rings. The number of aliphatic hydroxyl groups is 1. The standard InChI is InChI=1S/C19H32O2/c1-3-4-5-6-7-8-9-10-11-15-18(20)17-14-12-13-16(2)19(17)21/h12-14,18,20-21H,3-11,15H2,1-2H3/t18-/m1/s1. The van der Waals surface area contributed by atoms with Gasteiger partial charge in [0.25, 0.3) is 0 Å². The zero-order chi connectivity index (χ0) is 15.5. The number of rotatable bonds is 11. The van der Waals surface area contributed by atoms with Gasteiger partial charge >= 0.3 is 0 Å². The summed E-state index contributed by atoms with van der Waals surface area (Å²) < 4.78 is 0. The van der Waals surface area contributed by atoms with E-state index in [1.54, 1.807) is 0 Å². The highest BCUT2D eigenvalue weighted by atomic mass is 16.3. The minimum Gasteiger partial charge on any atom is -0.507 e. The fourth-order valence-corrected chi connectivity index (χ4v) is 2.75. The number of aryl methyl sites for hydroxylation is 1. The third kappa shape index (κ3) is 6.99. The number of phenolic OH excluding ortho intramolecular Hbond substituents is 1. The molecule has 0 amide bonds. The van der Waals surface area contributed by atoms with Gasteiger partial charge in [0.05, 0.1) is 6.10 Å². The van der Waals surface area contributed by atoms with Gasteiger partial charge in [-0.2, -0.15) is 0 Å². The van der Waals surface area contributed by atoms with Gasteiger partial charge < -0.3 is 10.2 Å². The minimum atomic E-state index is -0.533. The zero-order valence-electron chi connectivity index (χ0n) is 13.8. The van der Waals surface area contributed by atoms with Crippen LogP contribution in [-0.2, 0) is 0 Å². The van der Waals surface area contributed by atoms with Crippen LogP contribution in [0.1, 0.15) is 88.4 Å². The van der Waals surface area contributed by atoms with Crippen LogP contribution in [0.4, 0.5) is 0 Å². The molecule has 0 fully saturated rings. The van der Waals surface area contributed by atoms with E-state index in [4.69, 9.17) is 0 Å². The largest absolute Gasteiger partial charge is 0.507 e. The second kappa shape index (κ2) is 10.7. The molecule has 1 aromatic carbocycles. The Labute approximate surface area is 130 Å². The molecule has 1 rings (SSSR count). The number of phenols is 1. The van der Waals surface area contributed by atoms with Crippen molar-refractivity contribution in [2.24, 2.45) is 0 Å². The number of benzene rings is 1. The molecule has 0 aliphatic carbocycles. The average molecular weight is 292 g/mol. The van der Waals surface area contributed by atoms with Gasteiger partial charge in [-0.15, -0.1) is 0 Å². The molecule has 2 nitrogen and oxygen atoms in total. The molecule has 0 unspecified atom stereocenters. The Kier molecular flexibility index (Phi) is 9.16. The highest BCUT2D eigenvalue weighted by Gasteiger charge is 2.12. The monoisotopic (exact) mass is 292 g/mol. The van der Waals surface area contributed by atoms with Crippen molar-refractivity contribution in [1.82, 2.24) is 0 Å². The van der Waals surface area contributed by atoms with E-state index in [2.05, 4.69) is 6.92 Å². The van der Waals surface area contributed by atoms with Crippen LogP contribution in [0.15, 0.2) is 18.2 Å². The third-order valence-corrected chi connectivity index (χ3v) is 4.21. The Morgan fingerprint density at radius 3 is 2.10 bits per heavy atom. The Morgan fingerprint density at radius 1 is 0.905 bits per heavy atom. The van der Waals surface area contributed by atoms with E-state index < -0.39 is 6.10 Å². The van der Waals surface area contributed by atoms with E-state index in [1.165, 1.54) is 51.4 Å². The fourth-order valence-electron chi connectivity index (χ4n) is 2.75. The van der Waals surface area contributed by atoms with Crippen LogP contribution in [0.3, 0.4) is 0 Å². The number of aromatic hydroxyl groups is 1. The van der Waals surface area contributed by atoms with Crippen molar-refractivity contribution in [3.8, 4) is 5.75 Å². The first kappa shape index (κ1) is 18.0. The predicted octanol–water partition coefficient (Wildman–Crippen LogP) is 5.65. The predicted molar refractivity (Wildman–Crippen MR) is 89.6 cm³/mol. The smallest absolute Gasteiger partial charge is 0.124 e. The van der Waals surface area contributed by atoms with Crippen molar-refractivity contribution in [2.75, 3.05) is 0 Å². The second-order valence-electron chi connectivity index (χ2n) is 6.15. The number of hydrogen-bond donors (Lipinski definition) is 2. The van der Waals surface area contributed by atoms with Gasteiger partial charge in [0, 0.05) is 5.56 Å². The first-order valence-corrected chi connectivity index (χ1v) is 8.63. The summed E-state index contributed by atoms with van der Waals surface area (Å²) >= 11 is 0. The fraction of sp³-hybridized carbons (Fsp3) is 0.684. The number of unbranched alkanes of at least 4 members (excludes halogenated alkanes) is 8. The summed E-state index contributed by atoms with van der Waals surface area (Å²) in [6, 6.07) is 5.58. The quantitative estimate of drug-likeness (QED) is 0.517. The summed E-state index contributed by atoms with van der Waals surface area (Å²) in [6.07, 6.45) is 11.8. The van der Waals surface area contributed by atoms with Gasteiger partial charge in [-0.1, -0.05) is 82.9 Å². The molecule has 0 saturated heterocycles. The summed E-state index contributed by atoms with van der Waals surface area (Å²) in [7, 11) is 0. The lowest BCUT2D eigenvalue weighted by Gasteiger charge is -2.13. The van der Waals surface area contributed by atoms with E-state index in [1.807, 2.05) is 25.1 Å². The third-order valence-electron chi connectivity index (χ3n) is 4.21. The highest BCUT2D eigenvalue weighted by molar-refractivity contribution is 5.40. The van der Waals surface area contributed by atoms with Crippen LogP contribution >= 0.6 is 0 Å². The van der Waals surface area contributed by atoms with Crippen LogP contribution in [0, 0.1) is 6.92 Å². The normalized spacial score (nSPS) is 12.5. The van der Waals surface area contributed by atoms with Crippen molar-refractivity contribution in [2.45, 2.75) is 84.2 Å². The molecule has 0 heterocycles. The maximum atomic E-state index is 10.2. The van der Waals surface area contributed by atoms with Crippen molar-refractivity contribution < 1.29 is 10.2 Å². The van der Waals surface area contributed by atoms with Gasteiger partial charge in [0.1, 0.15) is 5.75 Å². The Bertz CT molecular complexity index is 387. The maximum Gasteiger partial charge on any atom is 0.124 e. The van der Waals surface area contributed by atoms with Crippen LogP contribution < -0.4 is 0 Å². The Hall–Kier alpha value is -1.02. The van der Waals surface area contributed by atoms with Gasteiger partial charge in [-0.05, 0) is 18.9 Å². The van der Waals surface area contributed by atoms with Gasteiger partial charge in [0.15, 0.2) is 0 Å². The SMILES string of the molecule is CCCCCCCCCCC[C@@H](O)c1cccc(C)c1O. The molecule has 0 spiro atoms. The van der Waals surface area contributed by atoms with E-state index in [0.717, 1.165) is 18.4 Å². The molecule has 0 aromatic heterocycles. The maximum absolute atomic E-state index is 10.2. The van der Waals surface area contributed by atoms with E-state index >= 15 is 0 Å². The van der Waals surface area contributed by atoms with Crippen molar-refractivity contribution in [3.63, 3.8) is 0 Å². The molecule has 1 atom stereocenters. The van der Waals surface area contributed by atoms with Crippen molar-refractivity contribution in [3.05, 3.63) is 29.3 Å². The summed E-state index contributed by atoms with van der Waals surface area (Å²) in [5.74, 6) is 0.251. The van der Waals surface area contributed by atoms with Gasteiger partial charge in [-0.3, -0.25) is 0 Å². The highest BCUT2D eigenvalue weighted by Crippen LogP contribution is 2.30. The molecule has 0 aliphatic heterocycles. The molecular weight excluding hydrogens is 260 g/mol. The molecule has 0 saturated carbocycles. The number of hydrogen-bond acceptors (Lipinski definition) is 2. The minimum absolute atomic E-state index is 0.251. The number of para-hydroxylation sites is 1. The molecule has 1 aromatic rings. The van der Waals surface area contributed by atoms with Crippen LogP contribution in [0.25, 0.3) is 0 Å². The van der Waals surface area contributed by atoms with Crippen LogP contribution in [-0.4, -0.2) is 10.2 Å². The topological polar surface area (TPSA) is 40.5 Å². The summed E-state index contributed by atoms with van der Waals surface area (Å²) in [6.45, 7) is 4.11. The van der Waals surface area contributed by atoms with Crippen molar-refractivity contribution in [1.29, 1.82) is 0 Å². The van der Waals surface area contributed by atoms with Crippen LogP contribution in [0.5, 0.6) is 5.75 Å². The first-order valence-electron chi connectivity index (χ1n) is 8.63. The molecule has 0 bridgehead atoms. The lowest BCUT2D eigenvalue weighted by atomic mass is 9.99. The summed E-state index contributed by atoms with van der Waals surface area (Å²) in [5, 5.41) is 20.1. The van der Waals surface area contributed by atoms with E-state index in [9.17, 15) is 10.2 Å². The van der Waals surface area contributed by atoms with E-state index in [-0.39, 0.29) is 5.75 Å². The molecule has 21 heavy (non-hydrogen) atoms. The first-order chi connectivity index (χ1) is 10.2. The summed E-state index contributed by atoms with van der Waals surface area (Å²) in [4.78, 5) is 0. The summed E-state index contributed by atoms with van der Waals surface area (Å²) in [5.41, 5.74) is 1.51. The lowest BCUT2D eigenvalue weighted by Crippen LogP contribution is -1.98. The zero-order valence-corrected chi connectivity index (χ0v) is 13.8. The molecule has 0 radical (unpaired) electrons. The molecule has 120 valence electrons. The van der Waals surface area contributed by atoms with Crippen LogP contribution in [0.2, 0.25) is 0 Å². The Morgan fingerprint density at radius 2 is 1.48 bits per heavy atom. The van der Waals surface area contributed by atoms with Gasteiger partial charge in [0.2, 0.25) is 0 Å².